The predicted molar refractivity (Wildman–Crippen MR) is 126 cm³/mol. The summed E-state index contributed by atoms with van der Waals surface area (Å²) in [6.45, 7) is 5.84. The van der Waals surface area contributed by atoms with Crippen molar-refractivity contribution in [3.05, 3.63) is 41.1 Å². The molecule has 0 spiro atoms. The number of nitrogens with one attached hydrogen (secondary N) is 2. The van der Waals surface area contributed by atoms with Crippen molar-refractivity contribution < 1.29 is 27.4 Å². The molecule has 1 aliphatic carbocycles. The molecule has 0 saturated heterocycles. The molecule has 0 fully saturated rings. The summed E-state index contributed by atoms with van der Waals surface area (Å²) in [6.07, 6.45) is 1.20. The number of H-pyrrole nitrogens is 1. The third-order valence-corrected chi connectivity index (χ3v) is 7.47. The van der Waals surface area contributed by atoms with E-state index in [-0.39, 0.29) is 21.8 Å². The maximum absolute atomic E-state index is 13.3. The van der Waals surface area contributed by atoms with Crippen LogP contribution in [0.5, 0.6) is 17.2 Å². The summed E-state index contributed by atoms with van der Waals surface area (Å²) in [6, 6.07) is 6.41. The van der Waals surface area contributed by atoms with Crippen LogP contribution in [0.25, 0.3) is 10.9 Å². The van der Waals surface area contributed by atoms with Gasteiger partial charge >= 0.3 is 0 Å². The lowest BCUT2D eigenvalue weighted by Gasteiger charge is -2.28. The fourth-order valence-corrected chi connectivity index (χ4v) is 5.83. The summed E-state index contributed by atoms with van der Waals surface area (Å²) < 4.78 is 45.2. The van der Waals surface area contributed by atoms with Crippen molar-refractivity contribution >= 4 is 32.4 Å². The van der Waals surface area contributed by atoms with Crippen LogP contribution in [-0.4, -0.2) is 40.5 Å². The number of ketones is 1. The molecule has 8 nitrogen and oxygen atoms in total. The molecule has 3 aromatic rings. The number of Topliss-reactive ketones (excluding diaryl/α,β-unsaturated/α-hetero) is 1. The Kier molecular flexibility index (Phi) is 5.56. The molecule has 0 amide bonds. The number of sulfonamides is 1. The number of hydrogen-bond donors (Lipinski definition) is 2. The van der Waals surface area contributed by atoms with Gasteiger partial charge in [0, 0.05) is 40.7 Å². The first-order chi connectivity index (χ1) is 15.5. The number of carbonyl (C=O) groups is 1. The van der Waals surface area contributed by atoms with E-state index in [2.05, 4.69) is 23.6 Å². The second-order valence-corrected chi connectivity index (χ2v) is 10.8. The van der Waals surface area contributed by atoms with Crippen LogP contribution in [0.1, 0.15) is 41.9 Å². The first-order valence-electron chi connectivity index (χ1n) is 10.5. The average molecular weight is 473 g/mol. The molecule has 0 saturated carbocycles. The second kappa shape index (κ2) is 7.98. The lowest BCUT2D eigenvalue weighted by atomic mass is 9.76. The molecule has 0 bridgehead atoms. The van der Waals surface area contributed by atoms with Gasteiger partial charge in [0.05, 0.1) is 31.9 Å². The first-order valence-corrected chi connectivity index (χ1v) is 12.0. The van der Waals surface area contributed by atoms with Gasteiger partial charge in [0.1, 0.15) is 0 Å². The number of aryl methyl sites for hydroxylation is 1. The third-order valence-electron chi connectivity index (χ3n) is 5.95. The zero-order valence-corrected chi connectivity index (χ0v) is 20.4. The van der Waals surface area contributed by atoms with Gasteiger partial charge in [-0.2, -0.15) is 0 Å². The van der Waals surface area contributed by atoms with Gasteiger partial charge in [0.25, 0.3) is 10.0 Å². The smallest absolute Gasteiger partial charge is 0.262 e. The quantitative estimate of drug-likeness (QED) is 0.549. The standard InChI is InChI=1S/C24H28N2O6S/c1-13-7-15-16(25-17-11-24(2,3)12-18(27)22(15)17)10-21(13)33(28,29)26-14-8-19(30-4)23(32-6)20(9-14)31-5/h7-10,25-26H,11-12H2,1-6H3. The molecule has 0 radical (unpaired) electrons. The molecule has 2 aromatic carbocycles. The van der Waals surface area contributed by atoms with Crippen molar-refractivity contribution in [3.8, 4) is 17.2 Å². The van der Waals surface area contributed by atoms with E-state index in [0.29, 0.717) is 40.3 Å². The number of hydrogen-bond acceptors (Lipinski definition) is 6. The summed E-state index contributed by atoms with van der Waals surface area (Å²) in [5.74, 6) is 1.11. The first kappa shape index (κ1) is 23.0. The molecule has 1 aromatic heterocycles. The Morgan fingerprint density at radius 2 is 1.61 bits per heavy atom. The van der Waals surface area contributed by atoms with Gasteiger partial charge in [0.2, 0.25) is 5.75 Å². The molecule has 0 aliphatic heterocycles. The van der Waals surface area contributed by atoms with Crippen LogP contribution in [0, 0.1) is 12.3 Å². The van der Waals surface area contributed by atoms with Crippen molar-refractivity contribution in [2.24, 2.45) is 5.41 Å². The molecular weight excluding hydrogens is 444 g/mol. The molecule has 176 valence electrons. The molecule has 9 heteroatoms. The van der Waals surface area contributed by atoms with Crippen LogP contribution in [0.4, 0.5) is 5.69 Å². The number of fused-ring (bicyclic) bond motifs is 3. The van der Waals surface area contributed by atoms with Crippen LogP contribution in [0.2, 0.25) is 0 Å². The molecule has 33 heavy (non-hydrogen) atoms. The largest absolute Gasteiger partial charge is 0.493 e. The highest BCUT2D eigenvalue weighted by Gasteiger charge is 2.34. The number of rotatable bonds is 6. The summed E-state index contributed by atoms with van der Waals surface area (Å²) in [5, 5.41) is 0.759. The lowest BCUT2D eigenvalue weighted by molar-refractivity contribution is 0.0913. The van der Waals surface area contributed by atoms with Crippen LogP contribution < -0.4 is 18.9 Å². The number of anilines is 1. The number of benzene rings is 2. The topological polar surface area (TPSA) is 107 Å². The Bertz CT molecular complexity index is 1350. The maximum Gasteiger partial charge on any atom is 0.262 e. The van der Waals surface area contributed by atoms with Crippen molar-refractivity contribution in [2.45, 2.75) is 38.5 Å². The Morgan fingerprint density at radius 3 is 2.18 bits per heavy atom. The van der Waals surface area contributed by atoms with E-state index in [9.17, 15) is 13.2 Å². The fraction of sp³-hybridized carbons (Fsp3) is 0.375. The van der Waals surface area contributed by atoms with E-state index in [0.717, 1.165) is 17.5 Å². The minimum absolute atomic E-state index is 0.0815. The Labute approximate surface area is 193 Å². The highest BCUT2D eigenvalue weighted by molar-refractivity contribution is 7.92. The summed E-state index contributed by atoms with van der Waals surface area (Å²) in [7, 11) is 0.450. The van der Waals surface area contributed by atoms with Crippen molar-refractivity contribution in [1.29, 1.82) is 0 Å². The zero-order valence-electron chi connectivity index (χ0n) is 19.6. The van der Waals surface area contributed by atoms with Crippen LogP contribution in [0.3, 0.4) is 0 Å². The van der Waals surface area contributed by atoms with Gasteiger partial charge in [0.15, 0.2) is 17.3 Å². The predicted octanol–water partition coefficient (Wildman–Crippen LogP) is 4.46. The SMILES string of the molecule is COc1cc(NS(=O)(=O)c2cc3[nH]c4c(c3cc2C)C(=O)CC(C)(C)C4)cc(OC)c1OC. The van der Waals surface area contributed by atoms with Crippen molar-refractivity contribution in [1.82, 2.24) is 4.98 Å². The Morgan fingerprint density at radius 1 is 0.970 bits per heavy atom. The third kappa shape index (κ3) is 4.01. The number of ether oxygens (including phenoxy) is 3. The molecule has 1 heterocycles. The van der Waals surface area contributed by atoms with Gasteiger partial charge in [-0.05, 0) is 36.5 Å². The Balaban J connectivity index is 1.78. The monoisotopic (exact) mass is 472 g/mol. The second-order valence-electron chi connectivity index (χ2n) is 9.10. The molecule has 1 aliphatic rings. The van der Waals surface area contributed by atoms with Crippen molar-refractivity contribution in [3.63, 3.8) is 0 Å². The Hall–Kier alpha value is -3.20. The van der Waals surface area contributed by atoms with E-state index in [4.69, 9.17) is 14.2 Å². The number of aromatic nitrogens is 1. The molecule has 2 N–H and O–H groups in total. The number of methoxy groups -OCH3 is 3. The van der Waals surface area contributed by atoms with E-state index in [1.807, 2.05) is 0 Å². The number of carbonyl (C=O) groups excluding carboxylic acids is 1. The molecule has 4 rings (SSSR count). The average Bonchev–Trinajstić information content (AvgIpc) is 3.07. The zero-order chi connectivity index (χ0) is 24.1. The van der Waals surface area contributed by atoms with Gasteiger partial charge < -0.3 is 19.2 Å². The van der Waals surface area contributed by atoms with Crippen molar-refractivity contribution in [2.75, 3.05) is 26.1 Å². The molecule has 0 unspecified atom stereocenters. The van der Waals surface area contributed by atoms with Crippen LogP contribution in [0.15, 0.2) is 29.2 Å². The van der Waals surface area contributed by atoms with Crippen LogP contribution >= 0.6 is 0 Å². The van der Waals surface area contributed by atoms with E-state index in [1.54, 1.807) is 19.1 Å². The molecule has 0 atom stereocenters. The molecular formula is C24H28N2O6S. The van der Waals surface area contributed by atoms with Gasteiger partial charge in [-0.25, -0.2) is 8.42 Å². The summed E-state index contributed by atoms with van der Waals surface area (Å²) in [5.41, 5.74) is 2.84. The van der Waals surface area contributed by atoms with Crippen LogP contribution in [-0.2, 0) is 16.4 Å². The highest BCUT2D eigenvalue weighted by atomic mass is 32.2. The maximum atomic E-state index is 13.3. The fourth-order valence-electron chi connectivity index (χ4n) is 4.54. The van der Waals surface area contributed by atoms with E-state index in [1.165, 1.54) is 33.5 Å². The summed E-state index contributed by atoms with van der Waals surface area (Å²) >= 11 is 0. The summed E-state index contributed by atoms with van der Waals surface area (Å²) in [4.78, 5) is 16.2. The minimum Gasteiger partial charge on any atom is -0.493 e. The van der Waals surface area contributed by atoms with Gasteiger partial charge in [-0.1, -0.05) is 13.8 Å². The minimum atomic E-state index is -3.95. The number of aromatic amines is 1. The highest BCUT2D eigenvalue weighted by Crippen LogP contribution is 2.41. The van der Waals surface area contributed by atoms with Gasteiger partial charge in [-0.3, -0.25) is 9.52 Å². The van der Waals surface area contributed by atoms with E-state index >= 15 is 0 Å². The lowest BCUT2D eigenvalue weighted by Crippen LogP contribution is -2.26. The van der Waals surface area contributed by atoms with Gasteiger partial charge in [-0.15, -0.1) is 0 Å². The van der Waals surface area contributed by atoms with E-state index < -0.39 is 10.0 Å². The normalized spacial score (nSPS) is 15.3.